The van der Waals surface area contributed by atoms with Gasteiger partial charge in [-0.15, -0.1) is 0 Å². The van der Waals surface area contributed by atoms with Gasteiger partial charge in [0, 0.05) is 18.6 Å². The largest absolute Gasteiger partial charge is 0.390 e. The Morgan fingerprint density at radius 1 is 1.46 bits per heavy atom. The molecule has 1 fully saturated rings. The van der Waals surface area contributed by atoms with E-state index >= 15 is 0 Å². The van der Waals surface area contributed by atoms with Gasteiger partial charge in [-0.3, -0.25) is 0 Å². The molecule has 0 radical (unpaired) electrons. The molecule has 0 amide bonds. The highest BCUT2D eigenvalue weighted by Crippen LogP contribution is 2.20. The summed E-state index contributed by atoms with van der Waals surface area (Å²) in [5.74, 6) is 0. The molecule has 2 N–H and O–H groups in total. The van der Waals surface area contributed by atoms with E-state index < -0.39 is 12.6 Å². The Hall–Kier alpha value is -0.290. The second-order valence-electron chi connectivity index (χ2n) is 3.78. The summed E-state index contributed by atoms with van der Waals surface area (Å²) in [6, 6.07) is 0. The van der Waals surface area contributed by atoms with E-state index in [-0.39, 0.29) is 12.1 Å². The van der Waals surface area contributed by atoms with E-state index in [4.69, 9.17) is 0 Å². The van der Waals surface area contributed by atoms with Crippen LogP contribution in [0.1, 0.15) is 19.8 Å². The summed E-state index contributed by atoms with van der Waals surface area (Å²) in [5.41, 5.74) is -0.148. The predicted molar refractivity (Wildman–Crippen MR) is 44.6 cm³/mol. The highest BCUT2D eigenvalue weighted by atomic mass is 19.4. The van der Waals surface area contributed by atoms with E-state index in [1.807, 2.05) is 6.92 Å². The highest BCUT2D eigenvalue weighted by molar-refractivity contribution is 4.91. The van der Waals surface area contributed by atoms with E-state index in [1.54, 1.807) is 0 Å². The molecule has 0 aromatic rings. The fraction of sp³-hybridized carbons (Fsp3) is 1.00. The average Bonchev–Trinajstić information content (AvgIpc) is 2.33. The summed E-state index contributed by atoms with van der Waals surface area (Å²) >= 11 is 0. The summed E-state index contributed by atoms with van der Waals surface area (Å²) in [5, 5.41) is 6.05. The van der Waals surface area contributed by atoms with Crippen molar-refractivity contribution in [2.24, 2.45) is 0 Å². The third-order valence-electron chi connectivity index (χ3n) is 2.33. The van der Waals surface area contributed by atoms with Crippen LogP contribution in [0.3, 0.4) is 0 Å². The molecule has 78 valence electrons. The van der Waals surface area contributed by atoms with Gasteiger partial charge in [-0.2, -0.15) is 13.2 Å². The summed E-state index contributed by atoms with van der Waals surface area (Å²) in [6.45, 7) is 3.60. The first-order chi connectivity index (χ1) is 5.91. The van der Waals surface area contributed by atoms with Crippen LogP contribution in [-0.4, -0.2) is 31.3 Å². The molecule has 0 saturated carbocycles. The zero-order valence-electron chi connectivity index (χ0n) is 7.67. The Kier molecular flexibility index (Phi) is 3.18. The molecule has 1 aliphatic rings. The van der Waals surface area contributed by atoms with E-state index in [1.165, 1.54) is 0 Å². The minimum absolute atomic E-state index is 0.0156. The number of alkyl halides is 3. The van der Waals surface area contributed by atoms with Gasteiger partial charge in [-0.25, -0.2) is 0 Å². The van der Waals surface area contributed by atoms with Crippen molar-refractivity contribution in [1.29, 1.82) is 0 Å². The van der Waals surface area contributed by atoms with E-state index in [0.29, 0.717) is 0 Å². The molecule has 0 bridgehead atoms. The van der Waals surface area contributed by atoms with Crippen molar-refractivity contribution in [3.63, 3.8) is 0 Å². The lowest BCUT2D eigenvalue weighted by molar-refractivity contribution is -0.134. The minimum Gasteiger partial charge on any atom is -0.315 e. The second kappa shape index (κ2) is 3.84. The molecular weight excluding hydrogens is 181 g/mol. The molecule has 0 spiro atoms. The van der Waals surface area contributed by atoms with Crippen LogP contribution in [0, 0.1) is 0 Å². The predicted octanol–water partition coefficient (Wildman–Crippen LogP) is 1.28. The summed E-state index contributed by atoms with van der Waals surface area (Å²) < 4.78 is 35.4. The first-order valence-corrected chi connectivity index (χ1v) is 4.44. The highest BCUT2D eigenvalue weighted by Gasteiger charge is 2.31. The molecule has 1 rings (SSSR count). The quantitative estimate of drug-likeness (QED) is 0.710. The number of nitrogens with one attached hydrogen (secondary N) is 2. The van der Waals surface area contributed by atoms with Crippen LogP contribution >= 0.6 is 0 Å². The van der Waals surface area contributed by atoms with Crippen LogP contribution in [-0.2, 0) is 0 Å². The van der Waals surface area contributed by atoms with Crippen LogP contribution in [0.25, 0.3) is 0 Å². The molecule has 0 aromatic heterocycles. The number of halogens is 3. The molecule has 1 unspecified atom stereocenters. The van der Waals surface area contributed by atoms with Gasteiger partial charge in [0.05, 0.1) is 6.42 Å². The Labute approximate surface area is 75.9 Å². The second-order valence-corrected chi connectivity index (χ2v) is 3.78. The maximum absolute atomic E-state index is 11.8. The van der Waals surface area contributed by atoms with Crippen LogP contribution in [0.5, 0.6) is 0 Å². The maximum atomic E-state index is 11.8. The molecule has 1 atom stereocenters. The van der Waals surface area contributed by atoms with Gasteiger partial charge in [-0.05, 0) is 19.9 Å². The Morgan fingerprint density at radius 2 is 2.15 bits per heavy atom. The number of hydrogen-bond acceptors (Lipinski definition) is 2. The maximum Gasteiger partial charge on any atom is 0.390 e. The van der Waals surface area contributed by atoms with Crippen molar-refractivity contribution >= 4 is 0 Å². The first-order valence-electron chi connectivity index (χ1n) is 4.44. The summed E-state index contributed by atoms with van der Waals surface area (Å²) in [6.07, 6.45) is -3.90. The van der Waals surface area contributed by atoms with Crippen LogP contribution < -0.4 is 10.6 Å². The van der Waals surface area contributed by atoms with Gasteiger partial charge < -0.3 is 10.6 Å². The zero-order chi connectivity index (χ0) is 9.95. The summed E-state index contributed by atoms with van der Waals surface area (Å²) in [7, 11) is 0. The van der Waals surface area contributed by atoms with Crippen molar-refractivity contribution in [1.82, 2.24) is 10.6 Å². The fourth-order valence-electron chi connectivity index (χ4n) is 1.47. The molecule has 0 aliphatic carbocycles. The topological polar surface area (TPSA) is 24.1 Å². The van der Waals surface area contributed by atoms with Crippen LogP contribution in [0.15, 0.2) is 0 Å². The standard InChI is InChI=1S/C8H15F3N2/c1-7(2-4-12-6-7)13-5-3-8(9,10)11/h12-13H,2-6H2,1H3. The molecule has 1 heterocycles. The third kappa shape index (κ3) is 3.95. The lowest BCUT2D eigenvalue weighted by Gasteiger charge is -2.24. The Bertz CT molecular complexity index is 161. The molecule has 1 saturated heterocycles. The minimum atomic E-state index is -4.05. The first kappa shape index (κ1) is 10.8. The monoisotopic (exact) mass is 196 g/mol. The van der Waals surface area contributed by atoms with Crippen molar-refractivity contribution < 1.29 is 13.2 Å². The van der Waals surface area contributed by atoms with Gasteiger partial charge in [-0.1, -0.05) is 0 Å². The van der Waals surface area contributed by atoms with Crippen molar-refractivity contribution in [3.8, 4) is 0 Å². The lowest BCUT2D eigenvalue weighted by Crippen LogP contribution is -2.45. The van der Waals surface area contributed by atoms with Gasteiger partial charge in [0.15, 0.2) is 0 Å². The molecule has 13 heavy (non-hydrogen) atoms. The summed E-state index contributed by atoms with van der Waals surface area (Å²) in [4.78, 5) is 0. The smallest absolute Gasteiger partial charge is 0.315 e. The lowest BCUT2D eigenvalue weighted by atomic mass is 10.0. The van der Waals surface area contributed by atoms with Crippen LogP contribution in [0.2, 0.25) is 0 Å². The van der Waals surface area contributed by atoms with Gasteiger partial charge in [0.2, 0.25) is 0 Å². The molecule has 2 nitrogen and oxygen atoms in total. The van der Waals surface area contributed by atoms with E-state index in [0.717, 1.165) is 19.5 Å². The number of rotatable bonds is 3. The fourth-order valence-corrected chi connectivity index (χ4v) is 1.47. The Morgan fingerprint density at radius 3 is 2.62 bits per heavy atom. The normalized spacial score (nSPS) is 29.5. The molecule has 5 heteroatoms. The van der Waals surface area contributed by atoms with E-state index in [9.17, 15) is 13.2 Å². The van der Waals surface area contributed by atoms with Crippen molar-refractivity contribution in [3.05, 3.63) is 0 Å². The SMILES string of the molecule is CC1(NCCC(F)(F)F)CCNC1. The van der Waals surface area contributed by atoms with Gasteiger partial charge in [0.25, 0.3) is 0 Å². The molecule has 1 aliphatic heterocycles. The average molecular weight is 196 g/mol. The van der Waals surface area contributed by atoms with Gasteiger partial charge in [0.1, 0.15) is 0 Å². The van der Waals surface area contributed by atoms with Gasteiger partial charge >= 0.3 is 6.18 Å². The Balaban J connectivity index is 2.18. The molecule has 0 aromatic carbocycles. The van der Waals surface area contributed by atoms with Crippen LogP contribution in [0.4, 0.5) is 13.2 Å². The molecular formula is C8H15F3N2. The zero-order valence-corrected chi connectivity index (χ0v) is 7.67. The van der Waals surface area contributed by atoms with E-state index in [2.05, 4.69) is 10.6 Å². The van der Waals surface area contributed by atoms with Crippen molar-refractivity contribution in [2.45, 2.75) is 31.5 Å². The van der Waals surface area contributed by atoms with Crippen molar-refractivity contribution in [2.75, 3.05) is 19.6 Å². The number of hydrogen-bond donors (Lipinski definition) is 2. The third-order valence-corrected chi connectivity index (χ3v) is 2.33.